The highest BCUT2D eigenvalue weighted by Gasteiger charge is 2.34. The predicted octanol–water partition coefficient (Wildman–Crippen LogP) is 4.10. The lowest BCUT2D eigenvalue weighted by Gasteiger charge is -2.29. The number of aromatic nitrogens is 2. The van der Waals surface area contributed by atoms with Gasteiger partial charge in [-0.25, -0.2) is 4.98 Å². The van der Waals surface area contributed by atoms with Crippen LogP contribution in [0.4, 0.5) is 0 Å². The van der Waals surface area contributed by atoms with E-state index in [0.717, 1.165) is 33.7 Å². The van der Waals surface area contributed by atoms with Crippen molar-refractivity contribution in [1.82, 2.24) is 9.55 Å². The van der Waals surface area contributed by atoms with E-state index in [-0.39, 0.29) is 11.2 Å². The second-order valence-electron chi connectivity index (χ2n) is 6.26. The molecule has 2 aromatic rings. The summed E-state index contributed by atoms with van der Waals surface area (Å²) >= 11 is 3.40. The van der Waals surface area contributed by atoms with Crippen molar-refractivity contribution < 1.29 is 4.79 Å². The van der Waals surface area contributed by atoms with Gasteiger partial charge in [0.05, 0.1) is 0 Å². The number of hydrogen-bond acceptors (Lipinski definition) is 2. The van der Waals surface area contributed by atoms with Crippen LogP contribution in [0.15, 0.2) is 28.9 Å². The van der Waals surface area contributed by atoms with E-state index in [9.17, 15) is 4.79 Å². The summed E-state index contributed by atoms with van der Waals surface area (Å²) in [4.78, 5) is 16.8. The van der Waals surface area contributed by atoms with E-state index in [1.54, 1.807) is 6.20 Å². The molecule has 0 spiro atoms. The quantitative estimate of drug-likeness (QED) is 0.788. The molecule has 0 saturated heterocycles. The second kappa shape index (κ2) is 4.55. The predicted molar refractivity (Wildman–Crippen MR) is 82.4 cm³/mol. The summed E-state index contributed by atoms with van der Waals surface area (Å²) in [6.45, 7) is 6.33. The molecule has 1 aliphatic carbocycles. The largest absolute Gasteiger partial charge is 0.302 e. The average molecular weight is 333 g/mol. The van der Waals surface area contributed by atoms with Crippen molar-refractivity contribution in [2.24, 2.45) is 5.41 Å². The van der Waals surface area contributed by atoms with Crippen molar-refractivity contribution in [1.29, 1.82) is 0 Å². The molecule has 2 aromatic heterocycles. The van der Waals surface area contributed by atoms with Gasteiger partial charge in [-0.1, -0.05) is 13.8 Å². The molecule has 0 fully saturated rings. The van der Waals surface area contributed by atoms with E-state index in [1.165, 1.54) is 0 Å². The van der Waals surface area contributed by atoms with E-state index in [1.807, 2.05) is 25.1 Å². The SMILES string of the molecule is Cc1cc2c(n1-c1ccc(Br)cn1)CC(C)(C)CC2=O. The first-order chi connectivity index (χ1) is 9.37. The number of Topliss-reactive ketones (excluding diaryl/α,β-unsaturated/α-hetero) is 1. The lowest BCUT2D eigenvalue weighted by Crippen LogP contribution is -2.28. The van der Waals surface area contributed by atoms with Crippen LogP contribution in [-0.2, 0) is 6.42 Å². The molecule has 0 radical (unpaired) electrons. The third-order valence-corrected chi connectivity index (χ3v) is 4.28. The van der Waals surface area contributed by atoms with Crippen LogP contribution in [0.5, 0.6) is 0 Å². The van der Waals surface area contributed by atoms with Crippen LogP contribution in [0.3, 0.4) is 0 Å². The first-order valence-electron chi connectivity index (χ1n) is 6.74. The molecule has 3 rings (SSSR count). The Bertz CT molecular complexity index is 683. The van der Waals surface area contributed by atoms with Crippen molar-refractivity contribution in [3.63, 3.8) is 0 Å². The number of ketones is 1. The van der Waals surface area contributed by atoms with Gasteiger partial charge >= 0.3 is 0 Å². The Morgan fingerprint density at radius 3 is 2.70 bits per heavy atom. The first-order valence-corrected chi connectivity index (χ1v) is 7.53. The fourth-order valence-electron chi connectivity index (χ4n) is 2.97. The molecule has 0 atom stereocenters. The van der Waals surface area contributed by atoms with Crippen LogP contribution in [-0.4, -0.2) is 15.3 Å². The van der Waals surface area contributed by atoms with Crippen molar-refractivity contribution in [3.8, 4) is 5.82 Å². The van der Waals surface area contributed by atoms with Gasteiger partial charge in [0.15, 0.2) is 5.78 Å². The van der Waals surface area contributed by atoms with Gasteiger partial charge in [-0.3, -0.25) is 4.79 Å². The van der Waals surface area contributed by atoms with Crippen LogP contribution in [0, 0.1) is 12.3 Å². The summed E-state index contributed by atoms with van der Waals surface area (Å²) in [5.74, 6) is 1.12. The fourth-order valence-corrected chi connectivity index (χ4v) is 3.21. The molecule has 0 aliphatic heterocycles. The number of halogens is 1. The minimum Gasteiger partial charge on any atom is -0.302 e. The fraction of sp³-hybridized carbons (Fsp3) is 0.375. The van der Waals surface area contributed by atoms with Crippen LogP contribution in [0.25, 0.3) is 5.82 Å². The van der Waals surface area contributed by atoms with Crippen LogP contribution in [0.2, 0.25) is 0 Å². The molecule has 20 heavy (non-hydrogen) atoms. The van der Waals surface area contributed by atoms with Gasteiger partial charge in [0.25, 0.3) is 0 Å². The lowest BCUT2D eigenvalue weighted by atomic mass is 9.76. The number of nitrogens with zero attached hydrogens (tertiary/aromatic N) is 2. The highest BCUT2D eigenvalue weighted by molar-refractivity contribution is 9.10. The smallest absolute Gasteiger partial charge is 0.165 e. The summed E-state index contributed by atoms with van der Waals surface area (Å²) in [6, 6.07) is 5.95. The van der Waals surface area contributed by atoms with Crippen molar-refractivity contribution in [3.05, 3.63) is 45.8 Å². The number of aryl methyl sites for hydroxylation is 1. The molecular weight excluding hydrogens is 316 g/mol. The van der Waals surface area contributed by atoms with Crippen molar-refractivity contribution in [2.75, 3.05) is 0 Å². The van der Waals surface area contributed by atoms with Crippen molar-refractivity contribution in [2.45, 2.75) is 33.6 Å². The third-order valence-electron chi connectivity index (χ3n) is 3.81. The molecule has 0 bridgehead atoms. The van der Waals surface area contributed by atoms with Gasteiger partial charge in [-0.05, 0) is 52.9 Å². The van der Waals surface area contributed by atoms with Gasteiger partial charge < -0.3 is 4.57 Å². The maximum Gasteiger partial charge on any atom is 0.165 e. The zero-order valence-corrected chi connectivity index (χ0v) is 13.5. The molecule has 0 amide bonds. The number of fused-ring (bicyclic) bond motifs is 1. The van der Waals surface area contributed by atoms with Gasteiger partial charge in [-0.15, -0.1) is 0 Å². The van der Waals surface area contributed by atoms with E-state index < -0.39 is 0 Å². The second-order valence-corrected chi connectivity index (χ2v) is 7.17. The normalized spacial score (nSPS) is 17.1. The number of rotatable bonds is 1. The Morgan fingerprint density at radius 2 is 2.05 bits per heavy atom. The maximum atomic E-state index is 12.3. The average Bonchev–Trinajstić information content (AvgIpc) is 2.66. The Balaban J connectivity index is 2.18. The molecule has 104 valence electrons. The standard InChI is InChI=1S/C16H17BrN2O/c1-10-6-12-13(7-16(2,3)8-14(12)20)19(10)15-5-4-11(17)9-18-15/h4-6,9H,7-8H2,1-3H3. The Morgan fingerprint density at radius 1 is 1.30 bits per heavy atom. The summed E-state index contributed by atoms with van der Waals surface area (Å²) in [5, 5.41) is 0. The molecule has 2 heterocycles. The van der Waals surface area contributed by atoms with Gasteiger partial charge in [0, 0.05) is 34.0 Å². The van der Waals surface area contributed by atoms with Crippen LogP contribution < -0.4 is 0 Å². The van der Waals surface area contributed by atoms with Gasteiger partial charge in [-0.2, -0.15) is 0 Å². The maximum absolute atomic E-state index is 12.3. The minimum atomic E-state index is 0.0159. The molecule has 0 unspecified atom stereocenters. The highest BCUT2D eigenvalue weighted by atomic mass is 79.9. The molecule has 1 aliphatic rings. The molecule has 0 aromatic carbocycles. The van der Waals surface area contributed by atoms with E-state index in [2.05, 4.69) is 39.3 Å². The number of hydrogen-bond donors (Lipinski definition) is 0. The van der Waals surface area contributed by atoms with Gasteiger partial charge in [0.1, 0.15) is 5.82 Å². The molecule has 3 nitrogen and oxygen atoms in total. The first kappa shape index (κ1) is 13.6. The number of pyridine rings is 1. The lowest BCUT2D eigenvalue weighted by molar-refractivity contribution is 0.0911. The Hall–Kier alpha value is -1.42. The van der Waals surface area contributed by atoms with Crippen LogP contribution >= 0.6 is 15.9 Å². The van der Waals surface area contributed by atoms with Crippen LogP contribution in [0.1, 0.15) is 42.0 Å². The van der Waals surface area contributed by atoms with E-state index >= 15 is 0 Å². The summed E-state index contributed by atoms with van der Waals surface area (Å²) in [6.07, 6.45) is 3.31. The number of carbonyl (C=O) groups is 1. The number of carbonyl (C=O) groups excluding carboxylic acids is 1. The van der Waals surface area contributed by atoms with Crippen molar-refractivity contribution >= 4 is 21.7 Å². The summed E-state index contributed by atoms with van der Waals surface area (Å²) in [7, 11) is 0. The molecular formula is C16H17BrN2O. The molecule has 4 heteroatoms. The molecule has 0 saturated carbocycles. The van der Waals surface area contributed by atoms with E-state index in [0.29, 0.717) is 6.42 Å². The Kier molecular flexibility index (Phi) is 3.09. The summed E-state index contributed by atoms with van der Waals surface area (Å²) in [5.41, 5.74) is 3.04. The highest BCUT2D eigenvalue weighted by Crippen LogP contribution is 2.37. The minimum absolute atomic E-state index is 0.0159. The summed E-state index contributed by atoms with van der Waals surface area (Å²) < 4.78 is 3.07. The van der Waals surface area contributed by atoms with E-state index in [4.69, 9.17) is 0 Å². The zero-order valence-electron chi connectivity index (χ0n) is 11.9. The topological polar surface area (TPSA) is 34.9 Å². The monoisotopic (exact) mass is 332 g/mol. The molecule has 0 N–H and O–H groups in total. The zero-order chi connectivity index (χ0) is 14.5. The third kappa shape index (κ3) is 2.22. The Labute approximate surface area is 127 Å². The van der Waals surface area contributed by atoms with Gasteiger partial charge in [0.2, 0.25) is 0 Å².